The lowest BCUT2D eigenvalue weighted by Crippen LogP contribution is -2.21. The van der Waals surface area contributed by atoms with Gasteiger partial charge >= 0.3 is 0 Å². The van der Waals surface area contributed by atoms with Crippen LogP contribution in [0.2, 0.25) is 0 Å². The average molecular weight is 269 g/mol. The molecule has 2 rings (SSSR count). The maximum absolute atomic E-state index is 5.67. The van der Waals surface area contributed by atoms with E-state index in [1.165, 1.54) is 11.1 Å². The van der Waals surface area contributed by atoms with Crippen LogP contribution in [0.25, 0.3) is 0 Å². The van der Waals surface area contributed by atoms with E-state index in [0.29, 0.717) is 6.61 Å². The highest BCUT2D eigenvalue weighted by Gasteiger charge is 2.06. The smallest absolute Gasteiger partial charge is 0.123 e. The van der Waals surface area contributed by atoms with Crippen molar-refractivity contribution in [1.29, 1.82) is 0 Å². The summed E-state index contributed by atoms with van der Waals surface area (Å²) in [5.74, 6) is 1.00. The first-order chi connectivity index (χ1) is 9.79. The van der Waals surface area contributed by atoms with Gasteiger partial charge in [0.2, 0.25) is 0 Å². The van der Waals surface area contributed by atoms with Crippen LogP contribution in [-0.2, 0) is 13.0 Å². The molecule has 0 saturated carbocycles. The fourth-order valence-corrected chi connectivity index (χ4v) is 2.27. The Labute approximate surface area is 122 Å². The van der Waals surface area contributed by atoms with Crippen LogP contribution < -0.4 is 4.74 Å². The fourth-order valence-electron chi connectivity index (χ4n) is 2.27. The Balaban J connectivity index is 1.89. The highest BCUT2D eigenvalue weighted by Crippen LogP contribution is 2.19. The molecule has 0 N–H and O–H groups in total. The zero-order valence-electron chi connectivity index (χ0n) is 12.4. The quantitative estimate of drug-likeness (QED) is 0.759. The van der Waals surface area contributed by atoms with Crippen molar-refractivity contribution < 1.29 is 4.74 Å². The van der Waals surface area contributed by atoms with Crippen molar-refractivity contribution in [1.82, 2.24) is 4.90 Å². The molecule has 0 aliphatic rings. The Bertz CT molecular complexity index is 510. The largest absolute Gasteiger partial charge is 0.494 e. The molecule has 0 spiro atoms. The lowest BCUT2D eigenvalue weighted by atomic mass is 10.1. The molecule has 0 fully saturated rings. The lowest BCUT2D eigenvalue weighted by Gasteiger charge is -2.18. The van der Waals surface area contributed by atoms with Crippen molar-refractivity contribution in [2.75, 3.05) is 20.2 Å². The molecule has 0 radical (unpaired) electrons. The predicted octanol–water partition coefficient (Wildman–Crippen LogP) is 3.76. The summed E-state index contributed by atoms with van der Waals surface area (Å²) in [5, 5.41) is 0. The number of hydrogen-bond acceptors (Lipinski definition) is 2. The zero-order chi connectivity index (χ0) is 14.2. The van der Waals surface area contributed by atoms with E-state index in [1.54, 1.807) is 0 Å². The third-order valence-corrected chi connectivity index (χ3v) is 3.34. The molecule has 2 aromatic carbocycles. The maximum Gasteiger partial charge on any atom is 0.123 e. The standard InChI is InChI=1S/C18H23NO/c1-3-20-18-12-8-7-11-17(18)15-19(2)14-13-16-9-5-4-6-10-16/h4-12H,3,13-15H2,1-2H3. The minimum atomic E-state index is 0.713. The molecule has 2 heteroatoms. The van der Waals surface area contributed by atoms with Gasteiger partial charge in [-0.3, -0.25) is 0 Å². The van der Waals surface area contributed by atoms with Crippen LogP contribution in [0.1, 0.15) is 18.1 Å². The molecular weight excluding hydrogens is 246 g/mol. The summed E-state index contributed by atoms with van der Waals surface area (Å²) in [6.45, 7) is 4.70. The van der Waals surface area contributed by atoms with E-state index in [4.69, 9.17) is 4.74 Å². The summed E-state index contributed by atoms with van der Waals surface area (Å²) < 4.78 is 5.67. The highest BCUT2D eigenvalue weighted by molar-refractivity contribution is 5.33. The van der Waals surface area contributed by atoms with E-state index in [0.717, 1.165) is 25.3 Å². The number of likely N-dealkylation sites (N-methyl/N-ethyl adjacent to an activating group) is 1. The van der Waals surface area contributed by atoms with Gasteiger partial charge in [0.1, 0.15) is 5.75 Å². The Kier molecular flexibility index (Phi) is 5.63. The molecule has 0 bridgehead atoms. The van der Waals surface area contributed by atoms with Crippen LogP contribution in [-0.4, -0.2) is 25.1 Å². The van der Waals surface area contributed by atoms with Crippen molar-refractivity contribution >= 4 is 0 Å². The van der Waals surface area contributed by atoms with Gasteiger partial charge in [-0.2, -0.15) is 0 Å². The van der Waals surface area contributed by atoms with Gasteiger partial charge in [0.15, 0.2) is 0 Å². The van der Waals surface area contributed by atoms with Crippen molar-refractivity contribution in [2.45, 2.75) is 19.9 Å². The summed E-state index contributed by atoms with van der Waals surface area (Å²) >= 11 is 0. The highest BCUT2D eigenvalue weighted by atomic mass is 16.5. The van der Waals surface area contributed by atoms with Gasteiger partial charge in [-0.05, 0) is 32.0 Å². The Morgan fingerprint density at radius 1 is 0.950 bits per heavy atom. The molecule has 20 heavy (non-hydrogen) atoms. The van der Waals surface area contributed by atoms with Crippen LogP contribution in [0.3, 0.4) is 0 Å². The minimum absolute atomic E-state index is 0.713. The molecule has 0 aliphatic heterocycles. The lowest BCUT2D eigenvalue weighted by molar-refractivity contribution is 0.305. The van der Waals surface area contributed by atoms with Gasteiger partial charge in [-0.25, -0.2) is 0 Å². The van der Waals surface area contributed by atoms with Gasteiger partial charge in [0, 0.05) is 18.7 Å². The van der Waals surface area contributed by atoms with E-state index in [9.17, 15) is 0 Å². The van der Waals surface area contributed by atoms with Crippen molar-refractivity contribution in [3.8, 4) is 5.75 Å². The van der Waals surface area contributed by atoms with Crippen molar-refractivity contribution in [3.63, 3.8) is 0 Å². The first kappa shape index (κ1) is 14.6. The molecular formula is C18H23NO. The Morgan fingerprint density at radius 2 is 1.65 bits per heavy atom. The predicted molar refractivity (Wildman–Crippen MR) is 84.1 cm³/mol. The van der Waals surface area contributed by atoms with E-state index in [1.807, 2.05) is 19.1 Å². The van der Waals surface area contributed by atoms with Gasteiger partial charge in [-0.1, -0.05) is 48.5 Å². The van der Waals surface area contributed by atoms with E-state index in [-0.39, 0.29) is 0 Å². The van der Waals surface area contributed by atoms with E-state index in [2.05, 4.69) is 54.4 Å². The maximum atomic E-state index is 5.67. The number of hydrogen-bond donors (Lipinski definition) is 0. The molecule has 0 saturated heterocycles. The number of para-hydroxylation sites is 1. The molecule has 0 unspecified atom stereocenters. The average Bonchev–Trinajstić information content (AvgIpc) is 2.49. The minimum Gasteiger partial charge on any atom is -0.494 e. The van der Waals surface area contributed by atoms with Crippen LogP contribution in [0.15, 0.2) is 54.6 Å². The third-order valence-electron chi connectivity index (χ3n) is 3.34. The summed E-state index contributed by atoms with van der Waals surface area (Å²) in [6.07, 6.45) is 1.08. The first-order valence-electron chi connectivity index (χ1n) is 7.22. The van der Waals surface area contributed by atoms with Crippen molar-refractivity contribution in [2.24, 2.45) is 0 Å². The first-order valence-corrected chi connectivity index (χ1v) is 7.22. The molecule has 2 aromatic rings. The fraction of sp³-hybridized carbons (Fsp3) is 0.333. The number of ether oxygens (including phenoxy) is 1. The van der Waals surface area contributed by atoms with Crippen LogP contribution in [0.5, 0.6) is 5.75 Å². The molecule has 0 amide bonds. The summed E-state index contributed by atoms with van der Waals surface area (Å²) in [6, 6.07) is 18.9. The number of rotatable bonds is 7. The molecule has 0 heterocycles. The van der Waals surface area contributed by atoms with E-state index < -0.39 is 0 Å². The normalized spacial score (nSPS) is 10.8. The Morgan fingerprint density at radius 3 is 2.40 bits per heavy atom. The van der Waals surface area contributed by atoms with Gasteiger partial charge in [-0.15, -0.1) is 0 Å². The number of benzene rings is 2. The SMILES string of the molecule is CCOc1ccccc1CN(C)CCc1ccccc1. The molecule has 2 nitrogen and oxygen atoms in total. The summed E-state index contributed by atoms with van der Waals surface area (Å²) in [7, 11) is 2.16. The topological polar surface area (TPSA) is 12.5 Å². The molecule has 106 valence electrons. The van der Waals surface area contributed by atoms with Crippen LogP contribution in [0.4, 0.5) is 0 Å². The summed E-state index contributed by atoms with van der Waals surface area (Å²) in [5.41, 5.74) is 2.64. The van der Waals surface area contributed by atoms with Crippen LogP contribution >= 0.6 is 0 Å². The number of nitrogens with zero attached hydrogens (tertiary/aromatic N) is 1. The second-order valence-corrected chi connectivity index (χ2v) is 5.01. The summed E-state index contributed by atoms with van der Waals surface area (Å²) in [4.78, 5) is 2.34. The molecule has 0 aromatic heterocycles. The molecule has 0 aliphatic carbocycles. The van der Waals surface area contributed by atoms with Gasteiger partial charge in [0.05, 0.1) is 6.61 Å². The second kappa shape index (κ2) is 7.71. The monoisotopic (exact) mass is 269 g/mol. The third kappa shape index (κ3) is 4.39. The zero-order valence-corrected chi connectivity index (χ0v) is 12.4. The van der Waals surface area contributed by atoms with Gasteiger partial charge in [0.25, 0.3) is 0 Å². The van der Waals surface area contributed by atoms with Crippen molar-refractivity contribution in [3.05, 3.63) is 65.7 Å². The molecule has 0 atom stereocenters. The Hall–Kier alpha value is -1.80. The second-order valence-electron chi connectivity index (χ2n) is 5.01. The van der Waals surface area contributed by atoms with E-state index >= 15 is 0 Å². The van der Waals surface area contributed by atoms with Crippen LogP contribution in [0, 0.1) is 0 Å². The van der Waals surface area contributed by atoms with Gasteiger partial charge < -0.3 is 9.64 Å².